The molecule has 0 radical (unpaired) electrons. The van der Waals surface area contributed by atoms with Gasteiger partial charge in [-0.2, -0.15) is 0 Å². The zero-order chi connectivity index (χ0) is 10.0. The van der Waals surface area contributed by atoms with E-state index in [9.17, 15) is 8.78 Å². The minimum atomic E-state index is -2.71. The number of pyridine rings is 1. The van der Waals surface area contributed by atoms with Crippen molar-refractivity contribution >= 4 is 23.0 Å². The molecule has 0 saturated carbocycles. The number of halogens is 3. The number of hydrogen-bond acceptors (Lipinski definition) is 3. The summed E-state index contributed by atoms with van der Waals surface area (Å²) >= 11 is 5.43. The average Bonchev–Trinajstić information content (AvgIpc) is 2.03. The van der Waals surface area contributed by atoms with Crippen LogP contribution in [0.5, 0.6) is 0 Å². The van der Waals surface area contributed by atoms with Crippen LogP contribution < -0.4 is 11.5 Å². The van der Waals surface area contributed by atoms with E-state index in [0.29, 0.717) is 0 Å². The van der Waals surface area contributed by atoms with Crippen molar-refractivity contribution in [2.75, 3.05) is 11.5 Å². The second-order valence-electron chi connectivity index (χ2n) is 2.43. The summed E-state index contributed by atoms with van der Waals surface area (Å²) in [4.78, 5) is 3.56. The van der Waals surface area contributed by atoms with E-state index in [1.54, 1.807) is 0 Å². The Morgan fingerprint density at radius 3 is 2.46 bits per heavy atom. The van der Waals surface area contributed by atoms with Crippen LogP contribution >= 0.6 is 11.6 Å². The van der Waals surface area contributed by atoms with Gasteiger partial charge in [0.2, 0.25) is 0 Å². The SMILES string of the molecule is Nc1cc(N)c(C(F)F)nc1CCl. The fourth-order valence-electron chi connectivity index (χ4n) is 0.881. The molecule has 13 heavy (non-hydrogen) atoms. The molecule has 0 aliphatic rings. The van der Waals surface area contributed by atoms with Gasteiger partial charge in [-0.1, -0.05) is 0 Å². The first-order chi connectivity index (χ1) is 6.06. The van der Waals surface area contributed by atoms with Gasteiger partial charge >= 0.3 is 0 Å². The van der Waals surface area contributed by atoms with E-state index in [0.717, 1.165) is 0 Å². The molecule has 0 aliphatic carbocycles. The third kappa shape index (κ3) is 1.98. The van der Waals surface area contributed by atoms with Crippen molar-refractivity contribution in [2.45, 2.75) is 12.3 Å². The number of aromatic nitrogens is 1. The minimum absolute atomic E-state index is 0.00810. The van der Waals surface area contributed by atoms with Gasteiger partial charge in [0.1, 0.15) is 5.69 Å². The van der Waals surface area contributed by atoms with E-state index in [4.69, 9.17) is 23.1 Å². The first kappa shape index (κ1) is 9.98. The fraction of sp³-hybridized carbons (Fsp3) is 0.286. The maximum absolute atomic E-state index is 12.2. The van der Waals surface area contributed by atoms with Gasteiger partial charge < -0.3 is 11.5 Å². The van der Waals surface area contributed by atoms with Crippen molar-refractivity contribution in [3.8, 4) is 0 Å². The van der Waals surface area contributed by atoms with Crippen LogP contribution in [0.4, 0.5) is 20.2 Å². The summed E-state index contributed by atoms with van der Waals surface area (Å²) in [5, 5.41) is 0. The van der Waals surface area contributed by atoms with Crippen LogP contribution in [0, 0.1) is 0 Å². The van der Waals surface area contributed by atoms with E-state index in [-0.39, 0.29) is 22.9 Å². The summed E-state index contributed by atoms with van der Waals surface area (Å²) < 4.78 is 24.5. The molecular weight excluding hydrogens is 200 g/mol. The Morgan fingerprint density at radius 2 is 2.00 bits per heavy atom. The average molecular weight is 208 g/mol. The Hall–Kier alpha value is -1.10. The summed E-state index contributed by atoms with van der Waals surface area (Å²) in [6.07, 6.45) is -2.71. The normalized spacial score (nSPS) is 10.8. The third-order valence-corrected chi connectivity index (χ3v) is 1.78. The first-order valence-electron chi connectivity index (χ1n) is 3.45. The largest absolute Gasteiger partial charge is 0.397 e. The van der Waals surface area contributed by atoms with Crippen LogP contribution in [0.2, 0.25) is 0 Å². The molecule has 0 fully saturated rings. The van der Waals surface area contributed by atoms with Crippen molar-refractivity contribution < 1.29 is 8.78 Å². The fourth-order valence-corrected chi connectivity index (χ4v) is 1.10. The Bertz CT molecular complexity index is 317. The lowest BCUT2D eigenvalue weighted by Crippen LogP contribution is -2.04. The highest BCUT2D eigenvalue weighted by molar-refractivity contribution is 6.17. The lowest BCUT2D eigenvalue weighted by Gasteiger charge is -2.07. The number of nitrogen functional groups attached to an aromatic ring is 2. The maximum Gasteiger partial charge on any atom is 0.282 e. The molecule has 72 valence electrons. The van der Waals surface area contributed by atoms with E-state index >= 15 is 0 Å². The van der Waals surface area contributed by atoms with E-state index in [1.807, 2.05) is 0 Å². The van der Waals surface area contributed by atoms with Crippen molar-refractivity contribution in [1.29, 1.82) is 0 Å². The van der Waals surface area contributed by atoms with Crippen molar-refractivity contribution in [3.63, 3.8) is 0 Å². The monoisotopic (exact) mass is 207 g/mol. The molecular formula is C7H8ClF2N3. The first-order valence-corrected chi connectivity index (χ1v) is 3.98. The molecule has 1 aromatic heterocycles. The topological polar surface area (TPSA) is 64.9 Å². The molecule has 6 heteroatoms. The van der Waals surface area contributed by atoms with Crippen molar-refractivity contribution in [3.05, 3.63) is 17.5 Å². The summed E-state index contributed by atoms with van der Waals surface area (Å²) in [6.45, 7) is 0. The molecule has 0 aliphatic heterocycles. The Morgan fingerprint density at radius 1 is 1.38 bits per heavy atom. The van der Waals surface area contributed by atoms with Crippen LogP contribution in [0.25, 0.3) is 0 Å². The molecule has 1 rings (SSSR count). The standard InChI is InChI=1S/C7H8ClF2N3/c8-2-5-3(11)1-4(12)6(13-5)7(9)10/h1,7H,2,11-12H2. The highest BCUT2D eigenvalue weighted by Crippen LogP contribution is 2.26. The van der Waals surface area contributed by atoms with Gasteiger partial charge in [-0.05, 0) is 6.07 Å². The highest BCUT2D eigenvalue weighted by atomic mass is 35.5. The molecule has 4 N–H and O–H groups in total. The van der Waals surface area contributed by atoms with Gasteiger partial charge in [-0.3, -0.25) is 0 Å². The smallest absolute Gasteiger partial charge is 0.282 e. The number of hydrogen-bond donors (Lipinski definition) is 2. The number of alkyl halides is 3. The third-order valence-electron chi connectivity index (χ3n) is 1.53. The lowest BCUT2D eigenvalue weighted by atomic mass is 10.2. The number of nitrogens with zero attached hydrogens (tertiary/aromatic N) is 1. The van der Waals surface area contributed by atoms with Crippen LogP contribution in [-0.4, -0.2) is 4.98 Å². The van der Waals surface area contributed by atoms with Crippen molar-refractivity contribution in [2.24, 2.45) is 0 Å². The van der Waals surface area contributed by atoms with E-state index in [2.05, 4.69) is 4.98 Å². The van der Waals surface area contributed by atoms with Gasteiger partial charge in [-0.25, -0.2) is 13.8 Å². The quantitative estimate of drug-likeness (QED) is 0.729. The summed E-state index contributed by atoms with van der Waals surface area (Å²) in [7, 11) is 0. The molecule has 0 aromatic carbocycles. The highest BCUT2D eigenvalue weighted by Gasteiger charge is 2.15. The molecule has 3 nitrogen and oxygen atoms in total. The minimum Gasteiger partial charge on any atom is -0.397 e. The van der Waals surface area contributed by atoms with Crippen LogP contribution in [-0.2, 0) is 5.88 Å². The van der Waals surface area contributed by atoms with Gasteiger partial charge in [0.15, 0.2) is 0 Å². The second-order valence-corrected chi connectivity index (χ2v) is 2.70. The molecule has 0 spiro atoms. The van der Waals surface area contributed by atoms with Gasteiger partial charge in [0.25, 0.3) is 6.43 Å². The predicted octanol–water partition coefficient (Wildman–Crippen LogP) is 1.92. The van der Waals surface area contributed by atoms with Gasteiger partial charge in [0.05, 0.1) is 22.9 Å². The van der Waals surface area contributed by atoms with Gasteiger partial charge in [0, 0.05) is 0 Å². The van der Waals surface area contributed by atoms with Crippen LogP contribution in [0.3, 0.4) is 0 Å². The molecule has 1 aromatic rings. The summed E-state index contributed by atoms with van der Waals surface area (Å²) in [6, 6.07) is 1.24. The Balaban J connectivity index is 3.22. The second kappa shape index (κ2) is 3.74. The molecule has 0 amide bonds. The summed E-state index contributed by atoms with van der Waals surface area (Å²) in [5.74, 6) is -0.00810. The summed E-state index contributed by atoms with van der Waals surface area (Å²) in [5.41, 5.74) is 10.6. The molecule has 0 unspecified atom stereocenters. The maximum atomic E-state index is 12.2. The predicted molar refractivity (Wildman–Crippen MR) is 47.6 cm³/mol. The zero-order valence-corrected chi connectivity index (χ0v) is 7.35. The van der Waals surface area contributed by atoms with Crippen LogP contribution in [0.15, 0.2) is 6.07 Å². The lowest BCUT2D eigenvalue weighted by molar-refractivity contribution is 0.147. The van der Waals surface area contributed by atoms with E-state index < -0.39 is 12.1 Å². The van der Waals surface area contributed by atoms with Crippen LogP contribution in [0.1, 0.15) is 17.8 Å². The van der Waals surface area contributed by atoms with Crippen molar-refractivity contribution in [1.82, 2.24) is 4.98 Å². The molecule has 0 atom stereocenters. The van der Waals surface area contributed by atoms with E-state index in [1.165, 1.54) is 6.07 Å². The molecule has 0 bridgehead atoms. The molecule has 0 saturated heterocycles. The Kier molecular flexibility index (Phi) is 2.87. The number of anilines is 2. The van der Waals surface area contributed by atoms with Gasteiger partial charge in [-0.15, -0.1) is 11.6 Å². The Labute approximate surface area is 78.7 Å². The zero-order valence-electron chi connectivity index (χ0n) is 6.60. The number of rotatable bonds is 2. The number of nitrogens with two attached hydrogens (primary N) is 2. The molecule has 1 heterocycles.